The number of benzene rings is 1. The molecule has 0 aliphatic heterocycles. The molecule has 30 heavy (non-hydrogen) atoms. The van der Waals surface area contributed by atoms with Crippen molar-refractivity contribution in [1.82, 2.24) is 30.0 Å². The molecule has 0 spiro atoms. The molecule has 152 valence electrons. The quantitative estimate of drug-likeness (QED) is 0.485. The minimum atomic E-state index is -0.277. The van der Waals surface area contributed by atoms with Gasteiger partial charge in [0.15, 0.2) is 5.82 Å². The third-order valence-corrected chi connectivity index (χ3v) is 4.63. The Morgan fingerprint density at radius 2 is 2.03 bits per heavy atom. The summed E-state index contributed by atoms with van der Waals surface area (Å²) in [6, 6.07) is 10.9. The topological polar surface area (TPSA) is 98.7 Å². The highest BCUT2D eigenvalue weighted by Gasteiger charge is 2.13. The summed E-state index contributed by atoms with van der Waals surface area (Å²) in [7, 11) is 0. The molecule has 4 aromatic rings. The van der Waals surface area contributed by atoms with Crippen molar-refractivity contribution in [3.8, 4) is 17.3 Å². The molecule has 8 nitrogen and oxygen atoms in total. The number of aryl methyl sites for hydroxylation is 1. The molecule has 1 amide bonds. The van der Waals surface area contributed by atoms with Gasteiger partial charge in [0, 0.05) is 35.9 Å². The van der Waals surface area contributed by atoms with E-state index < -0.39 is 0 Å². The molecule has 0 saturated carbocycles. The lowest BCUT2D eigenvalue weighted by molar-refractivity contribution is 0.0946. The molecule has 0 bridgehead atoms. The van der Waals surface area contributed by atoms with Crippen molar-refractivity contribution in [2.75, 3.05) is 0 Å². The summed E-state index contributed by atoms with van der Waals surface area (Å²) in [6.07, 6.45) is 6.52. The van der Waals surface area contributed by atoms with Gasteiger partial charge in [0.25, 0.3) is 11.8 Å². The van der Waals surface area contributed by atoms with Crippen LogP contribution >= 0.6 is 11.6 Å². The van der Waals surface area contributed by atoms with E-state index in [1.165, 1.54) is 0 Å². The first-order valence-corrected chi connectivity index (χ1v) is 9.86. The molecule has 0 fully saturated rings. The summed E-state index contributed by atoms with van der Waals surface area (Å²) in [5.41, 5.74) is 1.99. The fraction of sp³-hybridized carbons (Fsp3) is 0.190. The number of carbonyl (C=O) groups excluding carboxylic acids is 1. The summed E-state index contributed by atoms with van der Waals surface area (Å²) in [5, 5.41) is 7.47. The third kappa shape index (κ3) is 4.55. The van der Waals surface area contributed by atoms with Crippen LogP contribution < -0.4 is 5.32 Å². The average molecular weight is 423 g/mol. The smallest absolute Gasteiger partial charge is 0.271 e. The van der Waals surface area contributed by atoms with Crippen molar-refractivity contribution in [2.24, 2.45) is 0 Å². The van der Waals surface area contributed by atoms with Gasteiger partial charge in [0.05, 0.1) is 0 Å². The van der Waals surface area contributed by atoms with Crippen molar-refractivity contribution in [3.63, 3.8) is 0 Å². The fourth-order valence-electron chi connectivity index (χ4n) is 2.83. The van der Waals surface area contributed by atoms with Gasteiger partial charge in [-0.3, -0.25) is 9.36 Å². The predicted octanol–water partition coefficient (Wildman–Crippen LogP) is 3.85. The standard InChI is InChI=1S/C21H19ClN6O2/c1-2-3-18-26-21(30-27-18)15-8-9-23-19(10-15)28-12-17(25-13-28)20(29)24-11-14-4-6-16(22)7-5-14/h4-10,12-13H,2-3,11H2,1H3,(H,24,29). The van der Waals surface area contributed by atoms with Crippen molar-refractivity contribution in [2.45, 2.75) is 26.3 Å². The second kappa shape index (κ2) is 8.87. The minimum Gasteiger partial charge on any atom is -0.347 e. The molecular weight excluding hydrogens is 404 g/mol. The van der Waals surface area contributed by atoms with Crippen LogP contribution in [-0.2, 0) is 13.0 Å². The van der Waals surface area contributed by atoms with Crippen LogP contribution in [0.15, 0.2) is 59.6 Å². The minimum absolute atomic E-state index is 0.277. The summed E-state index contributed by atoms with van der Waals surface area (Å²) >= 11 is 5.88. The third-order valence-electron chi connectivity index (χ3n) is 4.38. The number of nitrogens with one attached hydrogen (secondary N) is 1. The van der Waals surface area contributed by atoms with Gasteiger partial charge in [-0.15, -0.1) is 0 Å². The molecule has 3 aromatic heterocycles. The Kier molecular flexibility index (Phi) is 5.85. The van der Waals surface area contributed by atoms with Gasteiger partial charge in [-0.2, -0.15) is 4.98 Å². The Bertz CT molecular complexity index is 1150. The molecule has 1 N–H and O–H groups in total. The SMILES string of the molecule is CCCc1noc(-c2ccnc(-n3cnc(C(=O)NCc4ccc(Cl)cc4)c3)c2)n1. The number of amides is 1. The van der Waals surface area contributed by atoms with Crippen LogP contribution in [-0.4, -0.2) is 30.6 Å². The van der Waals surface area contributed by atoms with E-state index in [4.69, 9.17) is 16.1 Å². The zero-order chi connectivity index (χ0) is 20.9. The zero-order valence-electron chi connectivity index (χ0n) is 16.2. The van der Waals surface area contributed by atoms with Crippen LogP contribution in [0, 0.1) is 0 Å². The average Bonchev–Trinajstić information content (AvgIpc) is 3.44. The lowest BCUT2D eigenvalue weighted by Gasteiger charge is -2.04. The van der Waals surface area contributed by atoms with Gasteiger partial charge >= 0.3 is 0 Å². The lowest BCUT2D eigenvalue weighted by atomic mass is 10.2. The molecule has 0 unspecified atom stereocenters. The van der Waals surface area contributed by atoms with E-state index in [-0.39, 0.29) is 5.91 Å². The number of hydrogen-bond acceptors (Lipinski definition) is 6. The highest BCUT2D eigenvalue weighted by atomic mass is 35.5. The molecule has 0 atom stereocenters. The number of pyridine rings is 1. The van der Waals surface area contributed by atoms with Crippen LogP contribution in [0.1, 0.15) is 35.2 Å². The second-order valence-corrected chi connectivity index (χ2v) is 7.08. The van der Waals surface area contributed by atoms with Crippen LogP contribution in [0.25, 0.3) is 17.3 Å². The normalized spacial score (nSPS) is 10.9. The maximum Gasteiger partial charge on any atom is 0.271 e. The van der Waals surface area contributed by atoms with Crippen LogP contribution in [0.5, 0.6) is 0 Å². The molecule has 4 rings (SSSR count). The molecule has 9 heteroatoms. The molecule has 1 aromatic carbocycles. The summed E-state index contributed by atoms with van der Waals surface area (Å²) < 4.78 is 7.00. The first-order valence-electron chi connectivity index (χ1n) is 9.48. The Morgan fingerprint density at radius 3 is 2.83 bits per heavy atom. The zero-order valence-corrected chi connectivity index (χ0v) is 17.0. The number of aromatic nitrogens is 5. The number of carbonyl (C=O) groups is 1. The highest BCUT2D eigenvalue weighted by molar-refractivity contribution is 6.30. The Hall–Kier alpha value is -3.52. The van der Waals surface area contributed by atoms with Gasteiger partial charge < -0.3 is 9.84 Å². The summed E-state index contributed by atoms with van der Waals surface area (Å²) in [5.74, 6) is 1.42. The van der Waals surface area contributed by atoms with Crippen molar-refractivity contribution in [1.29, 1.82) is 0 Å². The molecule has 0 aliphatic rings. The molecule has 0 saturated heterocycles. The number of rotatable bonds is 7. The first-order chi connectivity index (χ1) is 14.6. The van der Waals surface area contributed by atoms with E-state index in [0.29, 0.717) is 34.8 Å². The van der Waals surface area contributed by atoms with Crippen LogP contribution in [0.3, 0.4) is 0 Å². The summed E-state index contributed by atoms with van der Waals surface area (Å²) in [6.45, 7) is 2.44. The molecule has 3 heterocycles. The number of nitrogens with zero attached hydrogens (tertiary/aromatic N) is 5. The van der Waals surface area contributed by atoms with Crippen LogP contribution in [0.4, 0.5) is 0 Å². The van der Waals surface area contributed by atoms with Gasteiger partial charge in [-0.05, 0) is 36.2 Å². The molecule has 0 radical (unpaired) electrons. The Balaban J connectivity index is 1.46. The maximum atomic E-state index is 12.4. The monoisotopic (exact) mass is 422 g/mol. The van der Waals surface area contributed by atoms with E-state index in [1.807, 2.05) is 12.1 Å². The van der Waals surface area contributed by atoms with Gasteiger partial charge in [-0.1, -0.05) is 35.8 Å². The lowest BCUT2D eigenvalue weighted by Crippen LogP contribution is -2.23. The largest absolute Gasteiger partial charge is 0.347 e. The van der Waals surface area contributed by atoms with Gasteiger partial charge in [0.2, 0.25) is 0 Å². The number of hydrogen-bond donors (Lipinski definition) is 1. The van der Waals surface area contributed by atoms with Crippen molar-refractivity contribution in [3.05, 3.63) is 77.2 Å². The van der Waals surface area contributed by atoms with Gasteiger partial charge in [0.1, 0.15) is 17.8 Å². The van der Waals surface area contributed by atoms with E-state index in [2.05, 4.69) is 32.3 Å². The second-order valence-electron chi connectivity index (χ2n) is 6.64. The Morgan fingerprint density at radius 1 is 1.20 bits per heavy atom. The van der Waals surface area contributed by atoms with E-state index in [0.717, 1.165) is 24.0 Å². The highest BCUT2D eigenvalue weighted by Crippen LogP contribution is 2.19. The van der Waals surface area contributed by atoms with E-state index >= 15 is 0 Å². The van der Waals surface area contributed by atoms with Crippen LogP contribution in [0.2, 0.25) is 5.02 Å². The predicted molar refractivity (Wildman–Crippen MR) is 111 cm³/mol. The van der Waals surface area contributed by atoms with Crippen molar-refractivity contribution < 1.29 is 9.32 Å². The maximum absolute atomic E-state index is 12.4. The number of halogens is 1. The fourth-order valence-corrected chi connectivity index (χ4v) is 2.96. The number of imidazole rings is 1. The van der Waals surface area contributed by atoms with E-state index in [9.17, 15) is 4.79 Å². The first kappa shape index (κ1) is 19.8. The molecule has 0 aliphatic carbocycles. The van der Waals surface area contributed by atoms with Crippen molar-refractivity contribution >= 4 is 17.5 Å². The van der Waals surface area contributed by atoms with E-state index in [1.54, 1.807) is 47.6 Å². The van der Waals surface area contributed by atoms with Gasteiger partial charge in [-0.25, -0.2) is 9.97 Å². The Labute approximate surface area is 177 Å². The summed E-state index contributed by atoms with van der Waals surface area (Å²) in [4.78, 5) is 25.3. The molecular formula is C21H19ClN6O2.